The molecule has 0 amide bonds. The summed E-state index contributed by atoms with van der Waals surface area (Å²) in [7, 11) is 3.88. The molecular weight excluding hydrogens is 200 g/mol. The summed E-state index contributed by atoms with van der Waals surface area (Å²) in [5.41, 5.74) is 0.0170. The van der Waals surface area contributed by atoms with E-state index in [9.17, 15) is 0 Å². The molecule has 0 radical (unpaired) electrons. The largest absolute Gasteiger partial charge is 0.379 e. The van der Waals surface area contributed by atoms with Gasteiger partial charge in [0.1, 0.15) is 0 Å². The van der Waals surface area contributed by atoms with E-state index >= 15 is 0 Å². The highest BCUT2D eigenvalue weighted by molar-refractivity contribution is 4.82. The van der Waals surface area contributed by atoms with Crippen molar-refractivity contribution in [1.82, 2.24) is 10.2 Å². The van der Waals surface area contributed by atoms with Crippen LogP contribution in [0.25, 0.3) is 0 Å². The standard InChI is InChI=1S/C13H28N2O/c1-11-10-15(8-6-12(11)14-4)9-7-13(2,3)16-5/h11-12,14H,6-10H2,1-5H3. The van der Waals surface area contributed by atoms with Crippen LogP contribution in [0.4, 0.5) is 0 Å². The van der Waals surface area contributed by atoms with Gasteiger partial charge in [-0.05, 0) is 46.2 Å². The van der Waals surface area contributed by atoms with Gasteiger partial charge in [0.05, 0.1) is 5.60 Å². The molecule has 1 N–H and O–H groups in total. The Balaban J connectivity index is 2.30. The third-order valence-electron chi connectivity index (χ3n) is 3.94. The van der Waals surface area contributed by atoms with Crippen LogP contribution < -0.4 is 5.32 Å². The number of hydrogen-bond acceptors (Lipinski definition) is 3. The Bertz CT molecular complexity index is 206. The van der Waals surface area contributed by atoms with E-state index < -0.39 is 0 Å². The first-order chi connectivity index (χ1) is 7.48. The summed E-state index contributed by atoms with van der Waals surface area (Å²) in [6.07, 6.45) is 2.38. The Morgan fingerprint density at radius 2 is 2.12 bits per heavy atom. The van der Waals surface area contributed by atoms with Gasteiger partial charge in [-0.25, -0.2) is 0 Å². The first-order valence-electron chi connectivity index (χ1n) is 6.43. The monoisotopic (exact) mass is 228 g/mol. The Labute approximate surface area is 101 Å². The molecule has 1 aliphatic rings. The zero-order valence-corrected chi connectivity index (χ0v) is 11.5. The van der Waals surface area contributed by atoms with Gasteiger partial charge in [0, 0.05) is 26.2 Å². The molecule has 0 aliphatic carbocycles. The summed E-state index contributed by atoms with van der Waals surface area (Å²) in [6.45, 7) is 10.3. The molecule has 96 valence electrons. The van der Waals surface area contributed by atoms with Crippen molar-refractivity contribution in [2.24, 2.45) is 5.92 Å². The minimum atomic E-state index is 0.0170. The van der Waals surface area contributed by atoms with Crippen molar-refractivity contribution in [3.63, 3.8) is 0 Å². The van der Waals surface area contributed by atoms with Crippen molar-refractivity contribution < 1.29 is 4.74 Å². The Kier molecular flexibility index (Phi) is 5.22. The zero-order chi connectivity index (χ0) is 12.2. The number of methoxy groups -OCH3 is 1. The van der Waals surface area contributed by atoms with Gasteiger partial charge in [-0.3, -0.25) is 0 Å². The Morgan fingerprint density at radius 3 is 2.62 bits per heavy atom. The summed E-state index contributed by atoms with van der Waals surface area (Å²) >= 11 is 0. The van der Waals surface area contributed by atoms with Crippen molar-refractivity contribution in [3.05, 3.63) is 0 Å². The fraction of sp³-hybridized carbons (Fsp3) is 1.00. The molecule has 16 heavy (non-hydrogen) atoms. The molecule has 0 aromatic rings. The van der Waals surface area contributed by atoms with E-state index in [1.54, 1.807) is 7.11 Å². The number of nitrogens with zero attached hydrogens (tertiary/aromatic N) is 1. The highest BCUT2D eigenvalue weighted by Gasteiger charge is 2.26. The molecule has 0 bridgehead atoms. The van der Waals surface area contributed by atoms with Crippen LogP contribution in [-0.4, -0.2) is 50.3 Å². The molecule has 0 aromatic heterocycles. The van der Waals surface area contributed by atoms with Crippen LogP contribution in [0, 0.1) is 5.92 Å². The maximum absolute atomic E-state index is 5.46. The maximum Gasteiger partial charge on any atom is 0.0634 e. The minimum absolute atomic E-state index is 0.0170. The summed E-state index contributed by atoms with van der Waals surface area (Å²) in [4.78, 5) is 2.57. The fourth-order valence-electron chi connectivity index (χ4n) is 2.39. The molecule has 0 aromatic carbocycles. The van der Waals surface area contributed by atoms with Crippen LogP contribution in [0.2, 0.25) is 0 Å². The molecule has 1 rings (SSSR count). The lowest BCUT2D eigenvalue weighted by molar-refractivity contribution is 0.00332. The lowest BCUT2D eigenvalue weighted by Crippen LogP contribution is -2.48. The van der Waals surface area contributed by atoms with Crippen LogP contribution in [0.15, 0.2) is 0 Å². The van der Waals surface area contributed by atoms with Gasteiger partial charge >= 0.3 is 0 Å². The molecule has 3 heteroatoms. The second-order valence-electron chi connectivity index (χ2n) is 5.68. The zero-order valence-electron chi connectivity index (χ0n) is 11.5. The normalized spacial score (nSPS) is 28.3. The van der Waals surface area contributed by atoms with Crippen LogP contribution in [0.1, 0.15) is 33.6 Å². The van der Waals surface area contributed by atoms with E-state index in [0.29, 0.717) is 6.04 Å². The van der Waals surface area contributed by atoms with Crippen LogP contribution in [-0.2, 0) is 4.74 Å². The number of rotatable bonds is 5. The van der Waals surface area contributed by atoms with Gasteiger partial charge < -0.3 is 15.0 Å². The lowest BCUT2D eigenvalue weighted by atomic mass is 9.93. The second-order valence-corrected chi connectivity index (χ2v) is 5.68. The first-order valence-corrected chi connectivity index (χ1v) is 6.43. The van der Waals surface area contributed by atoms with Crippen molar-refractivity contribution in [3.8, 4) is 0 Å². The van der Waals surface area contributed by atoms with Crippen LogP contribution in [0.3, 0.4) is 0 Å². The molecule has 0 spiro atoms. The summed E-state index contributed by atoms with van der Waals surface area (Å²) in [6, 6.07) is 0.701. The summed E-state index contributed by atoms with van der Waals surface area (Å²) in [5.74, 6) is 0.754. The third-order valence-corrected chi connectivity index (χ3v) is 3.94. The highest BCUT2D eigenvalue weighted by atomic mass is 16.5. The average Bonchev–Trinajstić information content (AvgIpc) is 2.27. The van der Waals surface area contributed by atoms with Gasteiger partial charge in [-0.15, -0.1) is 0 Å². The topological polar surface area (TPSA) is 24.5 Å². The molecular formula is C13H28N2O. The maximum atomic E-state index is 5.46. The van der Waals surface area contributed by atoms with E-state index in [2.05, 4.69) is 38.0 Å². The van der Waals surface area contributed by atoms with Crippen molar-refractivity contribution in [1.29, 1.82) is 0 Å². The number of nitrogens with one attached hydrogen (secondary N) is 1. The smallest absolute Gasteiger partial charge is 0.0634 e. The molecule has 1 heterocycles. The van der Waals surface area contributed by atoms with Crippen molar-refractivity contribution in [2.45, 2.75) is 45.3 Å². The number of piperidine rings is 1. The predicted octanol–water partition coefficient (Wildman–Crippen LogP) is 1.73. The molecule has 2 atom stereocenters. The van der Waals surface area contributed by atoms with E-state index in [0.717, 1.165) is 18.9 Å². The van der Waals surface area contributed by atoms with Crippen LogP contribution in [0.5, 0.6) is 0 Å². The highest BCUT2D eigenvalue weighted by Crippen LogP contribution is 2.19. The van der Waals surface area contributed by atoms with E-state index in [-0.39, 0.29) is 5.60 Å². The molecule has 0 saturated carbocycles. The number of likely N-dealkylation sites (tertiary alicyclic amines) is 1. The third kappa shape index (κ3) is 4.04. The molecule has 2 unspecified atom stereocenters. The van der Waals surface area contributed by atoms with Gasteiger partial charge in [-0.1, -0.05) is 6.92 Å². The molecule has 1 aliphatic heterocycles. The lowest BCUT2D eigenvalue weighted by Gasteiger charge is -2.38. The minimum Gasteiger partial charge on any atom is -0.379 e. The van der Waals surface area contributed by atoms with Gasteiger partial charge in [-0.2, -0.15) is 0 Å². The Hall–Kier alpha value is -0.120. The van der Waals surface area contributed by atoms with Crippen LogP contribution >= 0.6 is 0 Å². The second kappa shape index (κ2) is 5.99. The van der Waals surface area contributed by atoms with E-state index in [4.69, 9.17) is 4.74 Å². The quantitative estimate of drug-likeness (QED) is 0.775. The Morgan fingerprint density at radius 1 is 1.44 bits per heavy atom. The van der Waals surface area contributed by atoms with E-state index in [1.807, 2.05) is 0 Å². The van der Waals surface area contributed by atoms with Gasteiger partial charge in [0.2, 0.25) is 0 Å². The molecule has 3 nitrogen and oxygen atoms in total. The SMILES string of the molecule is CNC1CCN(CCC(C)(C)OC)CC1C. The van der Waals surface area contributed by atoms with Gasteiger partial charge in [0.15, 0.2) is 0 Å². The molecule has 1 fully saturated rings. The van der Waals surface area contributed by atoms with Crippen molar-refractivity contribution in [2.75, 3.05) is 33.8 Å². The van der Waals surface area contributed by atoms with Crippen molar-refractivity contribution >= 4 is 0 Å². The van der Waals surface area contributed by atoms with E-state index in [1.165, 1.54) is 19.5 Å². The number of ether oxygens (including phenoxy) is 1. The average molecular weight is 228 g/mol. The fourth-order valence-corrected chi connectivity index (χ4v) is 2.39. The van der Waals surface area contributed by atoms with Gasteiger partial charge in [0.25, 0.3) is 0 Å². The predicted molar refractivity (Wildman–Crippen MR) is 68.8 cm³/mol. The first kappa shape index (κ1) is 13.9. The number of hydrogen-bond donors (Lipinski definition) is 1. The summed E-state index contributed by atoms with van der Waals surface area (Å²) in [5, 5.41) is 3.41. The molecule has 1 saturated heterocycles. The summed E-state index contributed by atoms with van der Waals surface area (Å²) < 4.78 is 5.46.